The molecular weight excluding hydrogens is 408 g/mol. The van der Waals surface area contributed by atoms with Gasteiger partial charge in [-0.2, -0.15) is 5.10 Å². The number of aromatic hydroxyl groups is 1. The van der Waals surface area contributed by atoms with Crippen LogP contribution in [-0.2, 0) is 4.79 Å². The quantitative estimate of drug-likeness (QED) is 0.136. The van der Waals surface area contributed by atoms with E-state index in [9.17, 15) is 9.90 Å². The molecule has 0 heterocycles. The van der Waals surface area contributed by atoms with E-state index in [4.69, 9.17) is 0 Å². The average Bonchev–Trinajstić information content (AvgIpc) is 2.83. The number of phenols is 1. The Morgan fingerprint density at radius 3 is 1.94 bits per heavy atom. The molecule has 0 atom stereocenters. The van der Waals surface area contributed by atoms with Gasteiger partial charge in [0.25, 0.3) is 0 Å². The minimum atomic E-state index is -0.0688. The van der Waals surface area contributed by atoms with E-state index in [1.165, 1.54) is 89.7 Å². The van der Waals surface area contributed by atoms with Crippen LogP contribution in [0.3, 0.4) is 0 Å². The molecular formula is C29H44N2O2. The van der Waals surface area contributed by atoms with Crippen LogP contribution in [0.1, 0.15) is 115 Å². The normalized spacial score (nSPS) is 11.4. The number of fused-ring (bicyclic) bond motifs is 1. The first-order valence-corrected chi connectivity index (χ1v) is 13.2. The van der Waals surface area contributed by atoms with Gasteiger partial charge in [-0.05, 0) is 23.3 Å². The maximum atomic E-state index is 12.0. The average molecular weight is 453 g/mol. The van der Waals surface area contributed by atoms with Crippen molar-refractivity contribution < 1.29 is 9.90 Å². The van der Waals surface area contributed by atoms with Crippen molar-refractivity contribution in [2.75, 3.05) is 0 Å². The highest BCUT2D eigenvalue weighted by molar-refractivity contribution is 6.02. The van der Waals surface area contributed by atoms with Gasteiger partial charge in [-0.25, -0.2) is 5.43 Å². The minimum absolute atomic E-state index is 0.0688. The Hall–Kier alpha value is -2.36. The lowest BCUT2D eigenvalue weighted by atomic mass is 10.0. The summed E-state index contributed by atoms with van der Waals surface area (Å²) in [5.41, 5.74) is 3.22. The molecule has 0 radical (unpaired) electrons. The number of amides is 1. The van der Waals surface area contributed by atoms with Gasteiger partial charge in [0.1, 0.15) is 5.75 Å². The molecule has 1 amide bonds. The number of carbonyl (C=O) groups excluding carboxylic acids is 1. The molecule has 2 aromatic carbocycles. The Morgan fingerprint density at radius 1 is 0.788 bits per heavy atom. The number of carbonyl (C=O) groups is 1. The van der Waals surface area contributed by atoms with E-state index in [0.717, 1.165) is 23.6 Å². The maximum absolute atomic E-state index is 12.0. The number of rotatable bonds is 18. The third-order valence-electron chi connectivity index (χ3n) is 6.34. The first-order valence-electron chi connectivity index (χ1n) is 13.2. The Balaban J connectivity index is 1.46. The first kappa shape index (κ1) is 26.9. The highest BCUT2D eigenvalue weighted by Gasteiger charge is 2.05. The highest BCUT2D eigenvalue weighted by Crippen LogP contribution is 2.25. The van der Waals surface area contributed by atoms with E-state index in [2.05, 4.69) is 17.5 Å². The number of hydrogen-bond donors (Lipinski definition) is 2. The zero-order chi connectivity index (χ0) is 23.6. The molecule has 0 aliphatic carbocycles. The fraction of sp³-hybridized carbons (Fsp3) is 0.586. The van der Waals surface area contributed by atoms with Crippen LogP contribution >= 0.6 is 0 Å². The lowest BCUT2D eigenvalue weighted by molar-refractivity contribution is -0.121. The molecule has 182 valence electrons. The summed E-state index contributed by atoms with van der Waals surface area (Å²) in [6.07, 6.45) is 21.8. The minimum Gasteiger partial charge on any atom is -0.507 e. The van der Waals surface area contributed by atoms with Crippen LogP contribution in [0.25, 0.3) is 10.8 Å². The molecule has 0 saturated carbocycles. The molecule has 0 saturated heterocycles. The third kappa shape index (κ3) is 11.4. The lowest BCUT2D eigenvalue weighted by Crippen LogP contribution is -2.16. The van der Waals surface area contributed by atoms with Crippen molar-refractivity contribution in [3.63, 3.8) is 0 Å². The summed E-state index contributed by atoms with van der Waals surface area (Å²) >= 11 is 0. The molecule has 2 N–H and O–H groups in total. The molecule has 2 aromatic rings. The van der Waals surface area contributed by atoms with Crippen molar-refractivity contribution in [1.29, 1.82) is 0 Å². The van der Waals surface area contributed by atoms with Crippen LogP contribution in [0, 0.1) is 0 Å². The SMILES string of the molecule is CCCCCCCCCCCCCCCCCC(=O)NN=Cc1c(O)ccc2ccccc12. The molecule has 0 fully saturated rings. The summed E-state index contributed by atoms with van der Waals surface area (Å²) in [6, 6.07) is 11.3. The Bertz CT molecular complexity index is 831. The standard InChI is InChI=1S/C29H44N2O2/c1-2-3-4-5-6-7-8-9-10-11-12-13-14-15-16-21-29(33)31-30-24-27-26-20-18-17-19-25(26)22-23-28(27)32/h17-20,22-24,32H,2-16,21H2,1H3,(H,31,33). The van der Waals surface area contributed by atoms with Gasteiger partial charge in [0.05, 0.1) is 6.21 Å². The predicted octanol–water partition coefficient (Wildman–Crippen LogP) is 8.26. The van der Waals surface area contributed by atoms with Gasteiger partial charge in [0, 0.05) is 12.0 Å². The summed E-state index contributed by atoms with van der Waals surface area (Å²) < 4.78 is 0. The predicted molar refractivity (Wildman–Crippen MR) is 141 cm³/mol. The summed E-state index contributed by atoms with van der Waals surface area (Å²) in [7, 11) is 0. The zero-order valence-electron chi connectivity index (χ0n) is 20.7. The molecule has 0 aliphatic heterocycles. The summed E-state index contributed by atoms with van der Waals surface area (Å²) in [4.78, 5) is 12.0. The van der Waals surface area contributed by atoms with Crippen molar-refractivity contribution in [2.45, 2.75) is 110 Å². The van der Waals surface area contributed by atoms with Crippen molar-refractivity contribution >= 4 is 22.9 Å². The smallest absolute Gasteiger partial charge is 0.240 e. The van der Waals surface area contributed by atoms with Crippen LogP contribution in [-0.4, -0.2) is 17.2 Å². The van der Waals surface area contributed by atoms with Crippen LogP contribution in [0.4, 0.5) is 0 Å². The van der Waals surface area contributed by atoms with Crippen molar-refractivity contribution in [2.24, 2.45) is 5.10 Å². The molecule has 0 spiro atoms. The number of phenolic OH excluding ortho intramolecular Hbond substituents is 1. The number of hydrogen-bond acceptors (Lipinski definition) is 3. The second-order valence-electron chi connectivity index (χ2n) is 9.21. The van der Waals surface area contributed by atoms with Crippen LogP contribution in [0.15, 0.2) is 41.5 Å². The summed E-state index contributed by atoms with van der Waals surface area (Å²) in [6.45, 7) is 2.27. The van der Waals surface area contributed by atoms with Crippen molar-refractivity contribution in [3.05, 3.63) is 42.0 Å². The molecule has 2 rings (SSSR count). The van der Waals surface area contributed by atoms with Gasteiger partial charge in [0.15, 0.2) is 0 Å². The molecule has 4 nitrogen and oxygen atoms in total. The maximum Gasteiger partial charge on any atom is 0.240 e. The van der Waals surface area contributed by atoms with Gasteiger partial charge < -0.3 is 5.11 Å². The zero-order valence-corrected chi connectivity index (χ0v) is 20.7. The summed E-state index contributed by atoms with van der Waals surface area (Å²) in [5.74, 6) is 0.0924. The molecule has 0 aliphatic rings. The fourth-order valence-corrected chi connectivity index (χ4v) is 4.30. The third-order valence-corrected chi connectivity index (χ3v) is 6.34. The number of nitrogens with one attached hydrogen (secondary N) is 1. The molecule has 0 bridgehead atoms. The largest absolute Gasteiger partial charge is 0.507 e. The lowest BCUT2D eigenvalue weighted by Gasteiger charge is -2.05. The van der Waals surface area contributed by atoms with Gasteiger partial charge in [-0.15, -0.1) is 0 Å². The van der Waals surface area contributed by atoms with E-state index in [1.807, 2.05) is 30.3 Å². The monoisotopic (exact) mass is 452 g/mol. The molecule has 0 unspecified atom stereocenters. The van der Waals surface area contributed by atoms with Crippen LogP contribution in [0.2, 0.25) is 0 Å². The van der Waals surface area contributed by atoms with Crippen molar-refractivity contribution in [3.8, 4) is 5.75 Å². The van der Waals surface area contributed by atoms with E-state index in [0.29, 0.717) is 12.0 Å². The number of hydrazone groups is 1. The van der Waals surface area contributed by atoms with E-state index in [-0.39, 0.29) is 11.7 Å². The van der Waals surface area contributed by atoms with Gasteiger partial charge in [0.2, 0.25) is 5.91 Å². The van der Waals surface area contributed by atoms with Gasteiger partial charge in [-0.1, -0.05) is 127 Å². The summed E-state index contributed by atoms with van der Waals surface area (Å²) in [5, 5.41) is 16.1. The van der Waals surface area contributed by atoms with E-state index < -0.39 is 0 Å². The number of nitrogens with zero attached hydrogens (tertiary/aromatic N) is 1. The topological polar surface area (TPSA) is 61.7 Å². The highest BCUT2D eigenvalue weighted by atomic mass is 16.3. The second kappa shape index (κ2) is 17.2. The van der Waals surface area contributed by atoms with Gasteiger partial charge >= 0.3 is 0 Å². The van der Waals surface area contributed by atoms with Crippen molar-refractivity contribution in [1.82, 2.24) is 5.43 Å². The van der Waals surface area contributed by atoms with Gasteiger partial charge in [-0.3, -0.25) is 4.79 Å². The molecule has 33 heavy (non-hydrogen) atoms. The number of unbranched alkanes of at least 4 members (excludes halogenated alkanes) is 14. The van der Waals surface area contributed by atoms with E-state index >= 15 is 0 Å². The fourth-order valence-electron chi connectivity index (χ4n) is 4.30. The van der Waals surface area contributed by atoms with Crippen LogP contribution < -0.4 is 5.43 Å². The second-order valence-corrected chi connectivity index (χ2v) is 9.21. The first-order chi connectivity index (χ1) is 16.2. The number of benzene rings is 2. The Kier molecular flexibility index (Phi) is 14.0. The molecule has 0 aromatic heterocycles. The molecule has 4 heteroatoms. The van der Waals surface area contributed by atoms with E-state index in [1.54, 1.807) is 6.07 Å². The Morgan fingerprint density at radius 2 is 1.33 bits per heavy atom. The van der Waals surface area contributed by atoms with Crippen LogP contribution in [0.5, 0.6) is 5.75 Å². The Labute approximate surface area is 200 Å².